The Balaban J connectivity index is 2.22. The van der Waals surface area contributed by atoms with E-state index >= 15 is 0 Å². The molecule has 112 valence electrons. The first-order valence-electron chi connectivity index (χ1n) is 5.94. The lowest BCUT2D eigenvalue weighted by Crippen LogP contribution is -2.45. The molecule has 1 aliphatic heterocycles. The number of nitrogens with zero attached hydrogens (tertiary/aromatic N) is 2. The second kappa shape index (κ2) is 5.95. The lowest BCUT2D eigenvalue weighted by atomic mass is 10.2. The molecule has 0 saturated heterocycles. The third kappa shape index (κ3) is 3.21. The van der Waals surface area contributed by atoms with Gasteiger partial charge in [-0.15, -0.1) is 0 Å². The van der Waals surface area contributed by atoms with Crippen LogP contribution in [0.1, 0.15) is 16.8 Å². The summed E-state index contributed by atoms with van der Waals surface area (Å²) in [6.45, 7) is 0.441. The SMILES string of the molecule is NC(=O)CC(NC(=O)c1cnc2n(c1=O)CCS2)C(=O)O. The number of thioether (sulfide) groups is 1. The van der Waals surface area contributed by atoms with E-state index in [9.17, 15) is 19.2 Å². The van der Waals surface area contributed by atoms with Gasteiger partial charge in [0.2, 0.25) is 5.91 Å². The first-order valence-corrected chi connectivity index (χ1v) is 6.93. The van der Waals surface area contributed by atoms with Gasteiger partial charge in [0.25, 0.3) is 11.5 Å². The van der Waals surface area contributed by atoms with Gasteiger partial charge in [-0.25, -0.2) is 9.78 Å². The standard InChI is InChI=1S/C11H12N4O5S/c12-7(16)3-6(10(19)20)14-8(17)5-4-13-11-15(9(5)18)1-2-21-11/h4,6H,1-3H2,(H2,12,16)(H,14,17)(H,19,20). The molecule has 1 aromatic rings. The van der Waals surface area contributed by atoms with Crippen molar-refractivity contribution in [3.8, 4) is 0 Å². The monoisotopic (exact) mass is 312 g/mol. The summed E-state index contributed by atoms with van der Waals surface area (Å²) >= 11 is 1.39. The Labute approximate surface area is 122 Å². The quantitative estimate of drug-likeness (QED) is 0.556. The summed E-state index contributed by atoms with van der Waals surface area (Å²) < 4.78 is 1.35. The second-order valence-corrected chi connectivity index (χ2v) is 5.36. The highest BCUT2D eigenvalue weighted by atomic mass is 32.2. The number of aliphatic carboxylic acids is 1. The smallest absolute Gasteiger partial charge is 0.326 e. The molecule has 1 atom stereocenters. The average molecular weight is 312 g/mol. The maximum absolute atomic E-state index is 12.1. The largest absolute Gasteiger partial charge is 0.480 e. The maximum atomic E-state index is 12.1. The van der Waals surface area contributed by atoms with Crippen LogP contribution < -0.4 is 16.6 Å². The molecule has 1 unspecified atom stereocenters. The van der Waals surface area contributed by atoms with Crippen LogP contribution in [0.3, 0.4) is 0 Å². The summed E-state index contributed by atoms with van der Waals surface area (Å²) in [7, 11) is 0. The first kappa shape index (κ1) is 15.0. The molecule has 9 nitrogen and oxygen atoms in total. The van der Waals surface area contributed by atoms with Gasteiger partial charge in [0.1, 0.15) is 11.6 Å². The third-order valence-electron chi connectivity index (χ3n) is 2.81. The van der Waals surface area contributed by atoms with Gasteiger partial charge in [0.05, 0.1) is 6.42 Å². The third-order valence-corrected chi connectivity index (χ3v) is 3.78. The van der Waals surface area contributed by atoms with Gasteiger partial charge < -0.3 is 16.2 Å². The Morgan fingerprint density at radius 1 is 1.52 bits per heavy atom. The minimum Gasteiger partial charge on any atom is -0.480 e. The van der Waals surface area contributed by atoms with Crippen molar-refractivity contribution in [1.82, 2.24) is 14.9 Å². The van der Waals surface area contributed by atoms with Gasteiger partial charge in [-0.1, -0.05) is 11.8 Å². The highest BCUT2D eigenvalue weighted by Crippen LogP contribution is 2.20. The summed E-state index contributed by atoms with van der Waals surface area (Å²) in [6.07, 6.45) is 0.543. The van der Waals surface area contributed by atoms with Crippen LogP contribution in [0.25, 0.3) is 0 Å². The van der Waals surface area contributed by atoms with Crippen LogP contribution in [0.2, 0.25) is 0 Å². The van der Waals surface area contributed by atoms with Crippen LogP contribution in [0.15, 0.2) is 16.1 Å². The predicted octanol–water partition coefficient (Wildman–Crippen LogP) is -1.59. The number of fused-ring (bicyclic) bond motifs is 1. The van der Waals surface area contributed by atoms with E-state index in [1.807, 2.05) is 0 Å². The Morgan fingerprint density at radius 2 is 2.24 bits per heavy atom. The van der Waals surface area contributed by atoms with Gasteiger partial charge in [-0.3, -0.25) is 19.0 Å². The molecular weight excluding hydrogens is 300 g/mol. The number of hydrogen-bond donors (Lipinski definition) is 3. The summed E-state index contributed by atoms with van der Waals surface area (Å²) in [6, 6.07) is -1.48. The molecule has 0 spiro atoms. The zero-order chi connectivity index (χ0) is 15.6. The molecule has 0 aliphatic carbocycles. The van der Waals surface area contributed by atoms with Gasteiger partial charge >= 0.3 is 5.97 Å². The number of carbonyl (C=O) groups is 3. The van der Waals surface area contributed by atoms with Crippen LogP contribution in [0.4, 0.5) is 0 Å². The number of carboxylic acids is 1. The molecule has 1 aliphatic rings. The number of aromatic nitrogens is 2. The number of hydrogen-bond acceptors (Lipinski definition) is 6. The fourth-order valence-corrected chi connectivity index (χ4v) is 2.72. The van der Waals surface area contributed by atoms with Crippen molar-refractivity contribution in [3.63, 3.8) is 0 Å². The minimum atomic E-state index is -1.48. The van der Waals surface area contributed by atoms with Crippen molar-refractivity contribution in [2.24, 2.45) is 5.73 Å². The first-order chi connectivity index (χ1) is 9.90. The van der Waals surface area contributed by atoms with Crippen molar-refractivity contribution >= 4 is 29.5 Å². The molecule has 0 fully saturated rings. The Bertz CT molecular complexity index is 671. The zero-order valence-corrected chi connectivity index (χ0v) is 11.6. The van der Waals surface area contributed by atoms with Gasteiger partial charge in [-0.05, 0) is 0 Å². The van der Waals surface area contributed by atoms with E-state index in [0.29, 0.717) is 17.5 Å². The van der Waals surface area contributed by atoms with Gasteiger partial charge in [-0.2, -0.15) is 0 Å². The molecule has 0 saturated carbocycles. The topological polar surface area (TPSA) is 144 Å². The number of carbonyl (C=O) groups excluding carboxylic acids is 2. The summed E-state index contributed by atoms with van der Waals surface area (Å²) in [4.78, 5) is 49.8. The number of rotatable bonds is 5. The molecule has 21 heavy (non-hydrogen) atoms. The van der Waals surface area contributed by atoms with Gasteiger partial charge in [0.15, 0.2) is 5.16 Å². The number of nitrogens with two attached hydrogens (primary N) is 1. The number of nitrogens with one attached hydrogen (secondary N) is 1. The maximum Gasteiger partial charge on any atom is 0.326 e. The summed E-state index contributed by atoms with van der Waals surface area (Å²) in [5.74, 6) is -2.49. The molecular formula is C11H12N4O5S. The number of amides is 2. The molecule has 4 N–H and O–H groups in total. The van der Waals surface area contributed by atoms with Crippen molar-refractivity contribution in [2.45, 2.75) is 24.2 Å². The molecule has 0 radical (unpaired) electrons. The van der Waals surface area contributed by atoms with Crippen LogP contribution >= 0.6 is 11.8 Å². The van der Waals surface area contributed by atoms with E-state index in [4.69, 9.17) is 10.8 Å². The van der Waals surface area contributed by atoms with Crippen LogP contribution in [0, 0.1) is 0 Å². The highest BCUT2D eigenvalue weighted by molar-refractivity contribution is 7.99. The van der Waals surface area contributed by atoms with E-state index < -0.39 is 35.8 Å². The molecule has 2 rings (SSSR count). The van der Waals surface area contributed by atoms with Crippen molar-refractivity contribution < 1.29 is 19.5 Å². The van der Waals surface area contributed by atoms with Crippen molar-refractivity contribution in [1.29, 1.82) is 0 Å². The van der Waals surface area contributed by atoms with Gasteiger partial charge in [0, 0.05) is 18.5 Å². The van der Waals surface area contributed by atoms with Crippen LogP contribution in [0.5, 0.6) is 0 Å². The van der Waals surface area contributed by atoms with Crippen molar-refractivity contribution in [2.75, 3.05) is 5.75 Å². The second-order valence-electron chi connectivity index (χ2n) is 4.29. The Hall–Kier alpha value is -2.36. The minimum absolute atomic E-state index is 0.267. The van der Waals surface area contributed by atoms with E-state index in [0.717, 1.165) is 6.20 Å². The normalized spacial score (nSPS) is 14.3. The summed E-state index contributed by atoms with van der Waals surface area (Å²) in [5.41, 5.74) is 4.11. The fraction of sp³-hybridized carbons (Fsp3) is 0.364. The van der Waals surface area contributed by atoms with Crippen molar-refractivity contribution in [3.05, 3.63) is 22.1 Å². The van der Waals surface area contributed by atoms with E-state index in [-0.39, 0.29) is 5.56 Å². The zero-order valence-electron chi connectivity index (χ0n) is 10.7. The predicted molar refractivity (Wildman–Crippen MR) is 71.9 cm³/mol. The lowest BCUT2D eigenvalue weighted by Gasteiger charge is -2.12. The lowest BCUT2D eigenvalue weighted by molar-refractivity contribution is -0.140. The highest BCUT2D eigenvalue weighted by Gasteiger charge is 2.26. The molecule has 1 aromatic heterocycles. The molecule has 0 aromatic carbocycles. The molecule has 10 heteroatoms. The number of primary amides is 1. The fourth-order valence-electron chi connectivity index (χ4n) is 1.81. The van der Waals surface area contributed by atoms with Crippen LogP contribution in [-0.4, -0.2) is 44.2 Å². The van der Waals surface area contributed by atoms with Crippen LogP contribution in [-0.2, 0) is 16.1 Å². The summed E-state index contributed by atoms with van der Waals surface area (Å²) in [5, 5.41) is 11.5. The van der Waals surface area contributed by atoms with E-state index in [2.05, 4.69) is 10.3 Å². The molecule has 0 bridgehead atoms. The van der Waals surface area contributed by atoms with E-state index in [1.165, 1.54) is 16.3 Å². The Kier molecular flexibility index (Phi) is 4.26. The number of carboxylic acid groups (broad SMARTS) is 1. The molecule has 2 amide bonds. The van der Waals surface area contributed by atoms with E-state index in [1.54, 1.807) is 0 Å². The molecule has 2 heterocycles. The average Bonchev–Trinajstić information content (AvgIpc) is 2.86. The Morgan fingerprint density at radius 3 is 2.86 bits per heavy atom.